The van der Waals surface area contributed by atoms with E-state index in [2.05, 4.69) is 5.32 Å². The molecule has 3 atom stereocenters. The SMILES string of the molecule is CCC(OC1CNCC(C(=O)O)C1)C(N)=O. The topological polar surface area (TPSA) is 102 Å². The van der Waals surface area contributed by atoms with Crippen LogP contribution in [-0.2, 0) is 14.3 Å². The number of hydrogen-bond acceptors (Lipinski definition) is 4. The number of carboxylic acids is 1. The number of rotatable bonds is 5. The summed E-state index contributed by atoms with van der Waals surface area (Å²) in [6, 6.07) is 0. The molecule has 16 heavy (non-hydrogen) atoms. The van der Waals surface area contributed by atoms with Crippen LogP contribution in [0.5, 0.6) is 0 Å². The summed E-state index contributed by atoms with van der Waals surface area (Å²) >= 11 is 0. The van der Waals surface area contributed by atoms with Crippen molar-refractivity contribution < 1.29 is 19.4 Å². The fraction of sp³-hybridized carbons (Fsp3) is 0.800. The number of carbonyl (C=O) groups excluding carboxylic acids is 1. The molecule has 92 valence electrons. The number of carbonyl (C=O) groups is 2. The minimum atomic E-state index is -0.840. The zero-order valence-electron chi connectivity index (χ0n) is 9.31. The molecule has 0 aromatic rings. The van der Waals surface area contributed by atoms with Crippen molar-refractivity contribution in [2.24, 2.45) is 11.7 Å². The molecule has 6 nitrogen and oxygen atoms in total. The van der Waals surface area contributed by atoms with Gasteiger partial charge in [-0.25, -0.2) is 0 Å². The predicted octanol–water partition coefficient (Wildman–Crippen LogP) is -0.670. The van der Waals surface area contributed by atoms with Gasteiger partial charge in [0.05, 0.1) is 12.0 Å². The molecule has 1 aliphatic heterocycles. The maximum absolute atomic E-state index is 11.0. The van der Waals surface area contributed by atoms with Gasteiger partial charge in [0, 0.05) is 13.1 Å². The monoisotopic (exact) mass is 230 g/mol. The molecule has 1 rings (SSSR count). The predicted molar refractivity (Wildman–Crippen MR) is 56.8 cm³/mol. The summed E-state index contributed by atoms with van der Waals surface area (Å²) in [5.74, 6) is -1.79. The summed E-state index contributed by atoms with van der Waals surface area (Å²) in [5.41, 5.74) is 5.16. The lowest BCUT2D eigenvalue weighted by Crippen LogP contribution is -2.46. The molecule has 0 spiro atoms. The molecule has 1 aliphatic rings. The fourth-order valence-electron chi connectivity index (χ4n) is 1.79. The normalized spacial score (nSPS) is 27.3. The number of ether oxygens (including phenoxy) is 1. The van der Waals surface area contributed by atoms with Gasteiger partial charge in [0.15, 0.2) is 0 Å². The first-order chi connectivity index (χ1) is 7.54. The molecule has 0 aliphatic carbocycles. The zero-order valence-corrected chi connectivity index (χ0v) is 9.31. The first-order valence-corrected chi connectivity index (χ1v) is 5.42. The Balaban J connectivity index is 2.47. The lowest BCUT2D eigenvalue weighted by Gasteiger charge is -2.29. The highest BCUT2D eigenvalue weighted by Gasteiger charge is 2.29. The van der Waals surface area contributed by atoms with Gasteiger partial charge in [0.2, 0.25) is 5.91 Å². The number of amides is 1. The van der Waals surface area contributed by atoms with Crippen LogP contribution in [0, 0.1) is 5.92 Å². The molecule has 6 heteroatoms. The van der Waals surface area contributed by atoms with Crippen molar-refractivity contribution in [3.05, 3.63) is 0 Å². The van der Waals surface area contributed by atoms with Gasteiger partial charge in [-0.2, -0.15) is 0 Å². The summed E-state index contributed by atoms with van der Waals surface area (Å²) in [7, 11) is 0. The Hall–Kier alpha value is -1.14. The molecule has 1 saturated heterocycles. The maximum Gasteiger partial charge on any atom is 0.307 e. The largest absolute Gasteiger partial charge is 0.481 e. The molecule has 0 radical (unpaired) electrons. The molecule has 0 bridgehead atoms. The average Bonchev–Trinajstić information content (AvgIpc) is 2.25. The molecular formula is C10H18N2O4. The van der Waals surface area contributed by atoms with Crippen molar-refractivity contribution in [2.45, 2.75) is 32.0 Å². The van der Waals surface area contributed by atoms with E-state index in [1.165, 1.54) is 0 Å². The van der Waals surface area contributed by atoms with E-state index in [0.29, 0.717) is 25.9 Å². The molecule has 0 saturated carbocycles. The van der Waals surface area contributed by atoms with Crippen LogP contribution in [0.25, 0.3) is 0 Å². The van der Waals surface area contributed by atoms with Crippen molar-refractivity contribution in [2.75, 3.05) is 13.1 Å². The van der Waals surface area contributed by atoms with E-state index in [0.717, 1.165) is 0 Å². The molecule has 0 aromatic heterocycles. The Bertz CT molecular complexity index is 270. The summed E-state index contributed by atoms with van der Waals surface area (Å²) in [4.78, 5) is 21.8. The lowest BCUT2D eigenvalue weighted by molar-refractivity contribution is -0.146. The first-order valence-electron chi connectivity index (χ1n) is 5.42. The third-order valence-corrected chi connectivity index (χ3v) is 2.70. The van der Waals surface area contributed by atoms with Crippen LogP contribution < -0.4 is 11.1 Å². The second-order valence-corrected chi connectivity index (χ2v) is 3.99. The minimum Gasteiger partial charge on any atom is -0.481 e. The van der Waals surface area contributed by atoms with Gasteiger partial charge >= 0.3 is 5.97 Å². The second-order valence-electron chi connectivity index (χ2n) is 3.99. The molecule has 0 aromatic carbocycles. The number of nitrogens with two attached hydrogens (primary N) is 1. The van der Waals surface area contributed by atoms with Crippen molar-refractivity contribution >= 4 is 11.9 Å². The number of primary amides is 1. The van der Waals surface area contributed by atoms with Crippen LogP contribution in [0.1, 0.15) is 19.8 Å². The minimum absolute atomic E-state index is 0.257. The third-order valence-electron chi connectivity index (χ3n) is 2.70. The van der Waals surface area contributed by atoms with Crippen LogP contribution in [0.2, 0.25) is 0 Å². The summed E-state index contributed by atoms with van der Waals surface area (Å²) in [5, 5.41) is 11.8. The molecule has 4 N–H and O–H groups in total. The van der Waals surface area contributed by atoms with Gasteiger partial charge in [0.1, 0.15) is 6.10 Å². The zero-order chi connectivity index (χ0) is 12.1. The molecule has 1 amide bonds. The summed E-state index contributed by atoms with van der Waals surface area (Å²) < 4.78 is 5.48. The highest BCUT2D eigenvalue weighted by Crippen LogP contribution is 2.16. The highest BCUT2D eigenvalue weighted by atomic mass is 16.5. The molecule has 1 heterocycles. The van der Waals surface area contributed by atoms with Crippen LogP contribution in [0.3, 0.4) is 0 Å². The summed E-state index contributed by atoms with van der Waals surface area (Å²) in [6.45, 7) is 2.82. The fourth-order valence-corrected chi connectivity index (χ4v) is 1.79. The van der Waals surface area contributed by atoms with E-state index in [1.807, 2.05) is 0 Å². The molecular weight excluding hydrogens is 212 g/mol. The van der Waals surface area contributed by atoms with Gasteiger partial charge in [0.25, 0.3) is 0 Å². The van der Waals surface area contributed by atoms with Gasteiger partial charge in [-0.05, 0) is 12.8 Å². The van der Waals surface area contributed by atoms with Crippen molar-refractivity contribution in [1.29, 1.82) is 0 Å². The van der Waals surface area contributed by atoms with E-state index in [4.69, 9.17) is 15.6 Å². The molecule has 1 fully saturated rings. The number of hydrogen-bond donors (Lipinski definition) is 3. The third kappa shape index (κ3) is 3.46. The van der Waals surface area contributed by atoms with Crippen LogP contribution in [0.4, 0.5) is 0 Å². The van der Waals surface area contributed by atoms with E-state index in [-0.39, 0.29) is 6.10 Å². The van der Waals surface area contributed by atoms with Gasteiger partial charge in [-0.3, -0.25) is 9.59 Å². The van der Waals surface area contributed by atoms with Crippen molar-refractivity contribution in [3.8, 4) is 0 Å². The Morgan fingerprint density at radius 3 is 2.75 bits per heavy atom. The van der Waals surface area contributed by atoms with Gasteiger partial charge < -0.3 is 20.9 Å². The summed E-state index contributed by atoms with van der Waals surface area (Å²) in [6.07, 6.45) is 0.0435. The quantitative estimate of drug-likeness (QED) is 0.581. The Morgan fingerprint density at radius 2 is 2.25 bits per heavy atom. The van der Waals surface area contributed by atoms with E-state index < -0.39 is 23.9 Å². The number of aliphatic carboxylic acids is 1. The Kier molecular flexibility index (Phi) is 4.70. The average molecular weight is 230 g/mol. The van der Waals surface area contributed by atoms with Crippen molar-refractivity contribution in [3.63, 3.8) is 0 Å². The van der Waals surface area contributed by atoms with Crippen molar-refractivity contribution in [1.82, 2.24) is 5.32 Å². The Morgan fingerprint density at radius 1 is 1.56 bits per heavy atom. The lowest BCUT2D eigenvalue weighted by atomic mass is 9.97. The van der Waals surface area contributed by atoms with Crippen LogP contribution in [0.15, 0.2) is 0 Å². The smallest absolute Gasteiger partial charge is 0.307 e. The molecule has 3 unspecified atom stereocenters. The van der Waals surface area contributed by atoms with Crippen LogP contribution in [-0.4, -0.2) is 42.3 Å². The highest BCUT2D eigenvalue weighted by molar-refractivity contribution is 5.78. The van der Waals surface area contributed by atoms with E-state index in [1.54, 1.807) is 6.92 Å². The van der Waals surface area contributed by atoms with E-state index >= 15 is 0 Å². The number of nitrogens with one attached hydrogen (secondary N) is 1. The van der Waals surface area contributed by atoms with Crippen LogP contribution >= 0.6 is 0 Å². The van der Waals surface area contributed by atoms with E-state index in [9.17, 15) is 9.59 Å². The second kappa shape index (κ2) is 5.81. The Labute approximate surface area is 94.1 Å². The standard InChI is InChI=1S/C10H18N2O4/c1-2-8(9(11)13)16-7-3-6(10(14)15)4-12-5-7/h6-8,12H,2-5H2,1H3,(H2,11,13)(H,14,15). The number of piperidine rings is 1. The van der Waals surface area contributed by atoms with Gasteiger partial charge in [-0.1, -0.05) is 6.92 Å². The number of carboxylic acid groups (broad SMARTS) is 1. The van der Waals surface area contributed by atoms with Gasteiger partial charge in [-0.15, -0.1) is 0 Å². The first kappa shape index (κ1) is 12.9. The maximum atomic E-state index is 11.0.